The molecule has 0 aliphatic carbocycles. The molecule has 1 aromatic heterocycles. The van der Waals surface area contributed by atoms with Crippen LogP contribution in [-0.4, -0.2) is 43.3 Å². The number of aromatic nitrogens is 3. The molecule has 6 nitrogen and oxygen atoms in total. The molecule has 0 saturated heterocycles. The van der Waals surface area contributed by atoms with Crippen LogP contribution in [0.3, 0.4) is 0 Å². The largest absolute Gasteiger partial charge is 0.481 e. The second-order valence-corrected chi connectivity index (χ2v) is 4.20. The van der Waals surface area contributed by atoms with Crippen molar-refractivity contribution in [2.45, 2.75) is 46.3 Å². The lowest BCUT2D eigenvalue weighted by molar-refractivity contribution is -0.137. The maximum Gasteiger partial charge on any atom is 0.304 e. The van der Waals surface area contributed by atoms with E-state index in [1.54, 1.807) is 0 Å². The van der Waals surface area contributed by atoms with Crippen molar-refractivity contribution in [1.29, 1.82) is 0 Å². The van der Waals surface area contributed by atoms with E-state index in [2.05, 4.69) is 28.8 Å². The van der Waals surface area contributed by atoms with Crippen LogP contribution in [0.15, 0.2) is 6.33 Å². The third kappa shape index (κ3) is 4.14. The van der Waals surface area contributed by atoms with Crippen molar-refractivity contribution in [3.05, 3.63) is 12.2 Å². The van der Waals surface area contributed by atoms with Gasteiger partial charge in [0.25, 0.3) is 0 Å². The first-order valence-corrected chi connectivity index (χ1v) is 5.87. The molecule has 0 spiro atoms. The van der Waals surface area contributed by atoms with Gasteiger partial charge in [0.2, 0.25) is 0 Å². The molecule has 1 heterocycles. The van der Waals surface area contributed by atoms with Gasteiger partial charge < -0.3 is 5.11 Å². The van der Waals surface area contributed by atoms with Crippen molar-refractivity contribution < 1.29 is 9.90 Å². The Kier molecular flexibility index (Phi) is 5.09. The maximum absolute atomic E-state index is 10.6. The molecule has 0 aliphatic heterocycles. The van der Waals surface area contributed by atoms with Crippen LogP contribution in [0, 0.1) is 0 Å². The Morgan fingerprint density at radius 1 is 1.59 bits per heavy atom. The number of nitrogens with zero attached hydrogens (tertiary/aromatic N) is 4. The number of hydrogen-bond donors (Lipinski definition) is 1. The van der Waals surface area contributed by atoms with Crippen LogP contribution in [-0.2, 0) is 17.9 Å². The summed E-state index contributed by atoms with van der Waals surface area (Å²) in [4.78, 5) is 16.9. The minimum Gasteiger partial charge on any atom is -0.481 e. The molecule has 1 N–H and O–H groups in total. The SMILES string of the molecule is CCn1ncnc1CN(CCC(=O)O)C(C)C. The molecule has 1 rings (SSSR count). The Morgan fingerprint density at radius 3 is 2.82 bits per heavy atom. The van der Waals surface area contributed by atoms with E-state index in [9.17, 15) is 4.79 Å². The number of carbonyl (C=O) groups is 1. The maximum atomic E-state index is 10.6. The minimum absolute atomic E-state index is 0.151. The smallest absolute Gasteiger partial charge is 0.304 e. The standard InChI is InChI=1S/C11H20N4O2/c1-4-15-10(12-8-13-15)7-14(9(2)3)6-5-11(16)17/h8-9H,4-7H2,1-3H3,(H,16,17). The van der Waals surface area contributed by atoms with Gasteiger partial charge in [-0.05, 0) is 20.8 Å². The Labute approximate surface area is 101 Å². The Bertz CT molecular complexity index is 362. The first kappa shape index (κ1) is 13.6. The van der Waals surface area contributed by atoms with E-state index in [4.69, 9.17) is 5.11 Å². The Hall–Kier alpha value is -1.43. The van der Waals surface area contributed by atoms with Crippen molar-refractivity contribution >= 4 is 5.97 Å². The third-order valence-corrected chi connectivity index (χ3v) is 2.68. The van der Waals surface area contributed by atoms with Gasteiger partial charge in [0, 0.05) is 19.1 Å². The molecule has 0 amide bonds. The molecular formula is C11H20N4O2. The molecule has 0 aliphatic rings. The lowest BCUT2D eigenvalue weighted by Gasteiger charge is -2.25. The summed E-state index contributed by atoms with van der Waals surface area (Å²) < 4.78 is 1.83. The molecule has 1 aromatic rings. The lowest BCUT2D eigenvalue weighted by atomic mass is 10.2. The third-order valence-electron chi connectivity index (χ3n) is 2.68. The van der Waals surface area contributed by atoms with E-state index in [1.807, 2.05) is 11.6 Å². The number of aryl methyl sites for hydroxylation is 1. The highest BCUT2D eigenvalue weighted by atomic mass is 16.4. The molecule has 0 atom stereocenters. The van der Waals surface area contributed by atoms with E-state index in [-0.39, 0.29) is 12.5 Å². The number of carboxylic acid groups (broad SMARTS) is 1. The van der Waals surface area contributed by atoms with E-state index >= 15 is 0 Å². The highest BCUT2D eigenvalue weighted by molar-refractivity contribution is 5.66. The zero-order valence-corrected chi connectivity index (χ0v) is 10.6. The van der Waals surface area contributed by atoms with Gasteiger partial charge in [0.05, 0.1) is 13.0 Å². The normalized spacial score (nSPS) is 11.4. The van der Waals surface area contributed by atoms with Gasteiger partial charge in [-0.25, -0.2) is 9.67 Å². The summed E-state index contributed by atoms with van der Waals surface area (Å²) in [5.74, 6) is 0.110. The molecule has 0 aromatic carbocycles. The summed E-state index contributed by atoms with van der Waals surface area (Å²) in [6.45, 7) is 8.06. The number of rotatable bonds is 7. The average Bonchev–Trinajstić information content (AvgIpc) is 2.70. The van der Waals surface area contributed by atoms with Gasteiger partial charge in [-0.3, -0.25) is 9.69 Å². The van der Waals surface area contributed by atoms with Crippen LogP contribution < -0.4 is 0 Å². The van der Waals surface area contributed by atoms with Crippen molar-refractivity contribution in [2.75, 3.05) is 6.54 Å². The van der Waals surface area contributed by atoms with E-state index in [0.717, 1.165) is 12.4 Å². The van der Waals surface area contributed by atoms with Crippen LogP contribution in [0.25, 0.3) is 0 Å². The highest BCUT2D eigenvalue weighted by Gasteiger charge is 2.14. The summed E-state index contributed by atoms with van der Waals surface area (Å²) in [6, 6.07) is 0.288. The fraction of sp³-hybridized carbons (Fsp3) is 0.727. The van der Waals surface area contributed by atoms with Gasteiger partial charge >= 0.3 is 5.97 Å². The van der Waals surface area contributed by atoms with Crippen LogP contribution in [0.4, 0.5) is 0 Å². The summed E-state index contributed by atoms with van der Waals surface area (Å²) in [5, 5.41) is 12.8. The molecule has 6 heteroatoms. The van der Waals surface area contributed by atoms with E-state index < -0.39 is 5.97 Å². The number of aliphatic carboxylic acids is 1. The van der Waals surface area contributed by atoms with Gasteiger partial charge in [0.15, 0.2) is 0 Å². The van der Waals surface area contributed by atoms with Crippen molar-refractivity contribution in [3.63, 3.8) is 0 Å². The number of carboxylic acids is 1. The molecular weight excluding hydrogens is 220 g/mol. The highest BCUT2D eigenvalue weighted by Crippen LogP contribution is 2.06. The quantitative estimate of drug-likeness (QED) is 0.769. The Balaban J connectivity index is 2.63. The topological polar surface area (TPSA) is 71.2 Å². The lowest BCUT2D eigenvalue weighted by Crippen LogP contribution is -2.33. The summed E-state index contributed by atoms with van der Waals surface area (Å²) in [5.41, 5.74) is 0. The molecule has 17 heavy (non-hydrogen) atoms. The van der Waals surface area contributed by atoms with E-state index in [0.29, 0.717) is 13.1 Å². The summed E-state index contributed by atoms with van der Waals surface area (Å²) in [7, 11) is 0. The zero-order chi connectivity index (χ0) is 12.8. The fourth-order valence-corrected chi connectivity index (χ4v) is 1.62. The fourth-order valence-electron chi connectivity index (χ4n) is 1.62. The first-order chi connectivity index (χ1) is 8.04. The molecule has 0 bridgehead atoms. The second kappa shape index (κ2) is 6.34. The van der Waals surface area contributed by atoms with Crippen molar-refractivity contribution in [2.24, 2.45) is 0 Å². The summed E-state index contributed by atoms with van der Waals surface area (Å²) >= 11 is 0. The molecule has 0 fully saturated rings. The minimum atomic E-state index is -0.771. The zero-order valence-electron chi connectivity index (χ0n) is 10.6. The Morgan fingerprint density at radius 2 is 2.29 bits per heavy atom. The van der Waals surface area contributed by atoms with E-state index in [1.165, 1.54) is 6.33 Å². The monoisotopic (exact) mass is 240 g/mol. The van der Waals surface area contributed by atoms with Gasteiger partial charge in [-0.1, -0.05) is 0 Å². The van der Waals surface area contributed by atoms with Crippen LogP contribution in [0.1, 0.15) is 33.0 Å². The van der Waals surface area contributed by atoms with Crippen molar-refractivity contribution in [3.8, 4) is 0 Å². The molecule has 0 saturated carbocycles. The van der Waals surface area contributed by atoms with Gasteiger partial charge in [-0.2, -0.15) is 5.10 Å². The van der Waals surface area contributed by atoms with Crippen molar-refractivity contribution in [1.82, 2.24) is 19.7 Å². The number of hydrogen-bond acceptors (Lipinski definition) is 4. The van der Waals surface area contributed by atoms with Crippen LogP contribution in [0.5, 0.6) is 0 Å². The molecule has 0 unspecified atom stereocenters. The van der Waals surface area contributed by atoms with Gasteiger partial charge in [-0.15, -0.1) is 0 Å². The summed E-state index contributed by atoms with van der Waals surface area (Å²) in [6.07, 6.45) is 1.69. The first-order valence-electron chi connectivity index (χ1n) is 5.87. The van der Waals surface area contributed by atoms with Gasteiger partial charge in [0.1, 0.15) is 12.2 Å². The predicted octanol–water partition coefficient (Wildman–Crippen LogP) is 0.983. The molecule has 96 valence electrons. The molecule has 0 radical (unpaired) electrons. The van der Waals surface area contributed by atoms with Crippen LogP contribution >= 0.6 is 0 Å². The van der Waals surface area contributed by atoms with Crippen LogP contribution in [0.2, 0.25) is 0 Å². The predicted molar refractivity (Wildman–Crippen MR) is 63.5 cm³/mol. The average molecular weight is 240 g/mol. The second-order valence-electron chi connectivity index (χ2n) is 4.20.